The van der Waals surface area contributed by atoms with Crippen LogP contribution in [0.15, 0.2) is 42.7 Å². The van der Waals surface area contributed by atoms with Gasteiger partial charge in [0.05, 0.1) is 6.54 Å². The van der Waals surface area contributed by atoms with Gasteiger partial charge in [-0.2, -0.15) is 0 Å². The van der Waals surface area contributed by atoms with Crippen molar-refractivity contribution in [3.8, 4) is 0 Å². The first-order chi connectivity index (χ1) is 9.94. The van der Waals surface area contributed by atoms with Crippen molar-refractivity contribution >= 4 is 6.09 Å². The van der Waals surface area contributed by atoms with E-state index in [0.29, 0.717) is 13.1 Å². The normalized spacial score (nSPS) is 11.2. The van der Waals surface area contributed by atoms with Gasteiger partial charge in [-0.15, -0.1) is 0 Å². The molecule has 0 aliphatic heterocycles. The lowest BCUT2D eigenvalue weighted by atomic mass is 10.2. The van der Waals surface area contributed by atoms with E-state index in [1.807, 2.05) is 51.1 Å². The van der Waals surface area contributed by atoms with E-state index in [1.165, 1.54) is 0 Å². The number of ether oxygens (including phenoxy) is 1. The summed E-state index contributed by atoms with van der Waals surface area (Å²) in [5, 5.41) is 0. The molecule has 2 rings (SSSR count). The Kier molecular flexibility index (Phi) is 4.62. The van der Waals surface area contributed by atoms with E-state index in [0.717, 1.165) is 11.4 Å². The average Bonchev–Trinajstić information content (AvgIpc) is 2.90. The van der Waals surface area contributed by atoms with Crippen LogP contribution in [-0.2, 0) is 17.8 Å². The second-order valence-corrected chi connectivity index (χ2v) is 5.86. The Morgan fingerprint density at radius 1 is 1.24 bits per heavy atom. The van der Waals surface area contributed by atoms with Gasteiger partial charge in [0.1, 0.15) is 11.4 Å². The molecule has 5 nitrogen and oxygen atoms in total. The lowest BCUT2D eigenvalue weighted by Gasteiger charge is -2.27. The van der Waals surface area contributed by atoms with Crippen LogP contribution >= 0.6 is 0 Å². The number of imidazole rings is 1. The summed E-state index contributed by atoms with van der Waals surface area (Å²) in [4.78, 5) is 21.2. The van der Waals surface area contributed by atoms with Crippen LogP contribution in [0.2, 0.25) is 0 Å². The Morgan fingerprint density at radius 2 is 1.95 bits per heavy atom. The van der Waals surface area contributed by atoms with Crippen molar-refractivity contribution in [2.45, 2.75) is 39.5 Å². The van der Waals surface area contributed by atoms with E-state index in [2.05, 4.69) is 9.97 Å². The first kappa shape index (κ1) is 15.1. The molecule has 1 heterocycles. The molecule has 0 unspecified atom stereocenters. The first-order valence-electron chi connectivity index (χ1n) is 6.94. The number of H-pyrrole nitrogens is 1. The van der Waals surface area contributed by atoms with E-state index in [4.69, 9.17) is 4.74 Å². The lowest BCUT2D eigenvalue weighted by Crippen LogP contribution is -2.36. The van der Waals surface area contributed by atoms with Crippen molar-refractivity contribution in [1.82, 2.24) is 14.9 Å². The smallest absolute Gasteiger partial charge is 0.410 e. The Balaban J connectivity index is 2.11. The molecular formula is C16H21N3O2. The van der Waals surface area contributed by atoms with Crippen LogP contribution in [-0.4, -0.2) is 26.6 Å². The number of hydrogen-bond acceptors (Lipinski definition) is 3. The van der Waals surface area contributed by atoms with Crippen molar-refractivity contribution in [3.63, 3.8) is 0 Å². The van der Waals surface area contributed by atoms with Crippen molar-refractivity contribution in [3.05, 3.63) is 54.1 Å². The number of aromatic nitrogens is 2. The van der Waals surface area contributed by atoms with Gasteiger partial charge in [0.25, 0.3) is 0 Å². The number of aromatic amines is 1. The Bertz CT molecular complexity index is 559. The topological polar surface area (TPSA) is 58.2 Å². The molecule has 0 bridgehead atoms. The van der Waals surface area contributed by atoms with Gasteiger partial charge in [-0.3, -0.25) is 4.90 Å². The molecule has 112 valence electrons. The highest BCUT2D eigenvalue weighted by molar-refractivity contribution is 5.68. The van der Waals surface area contributed by atoms with Gasteiger partial charge < -0.3 is 9.72 Å². The van der Waals surface area contributed by atoms with Gasteiger partial charge in [-0.25, -0.2) is 9.78 Å². The summed E-state index contributed by atoms with van der Waals surface area (Å²) in [6.07, 6.45) is 3.07. The Morgan fingerprint density at radius 3 is 2.52 bits per heavy atom. The monoisotopic (exact) mass is 287 g/mol. The summed E-state index contributed by atoms with van der Waals surface area (Å²) in [5.41, 5.74) is 0.532. The van der Waals surface area contributed by atoms with E-state index in [9.17, 15) is 4.79 Å². The summed E-state index contributed by atoms with van der Waals surface area (Å²) in [7, 11) is 0. The standard InChI is InChI=1S/C16H21N3O2/c1-16(2,3)21-15(20)19(12-14-17-9-10-18-14)11-13-7-5-4-6-8-13/h4-10H,11-12H2,1-3H3,(H,17,18). The van der Waals surface area contributed by atoms with Gasteiger partial charge in [-0.1, -0.05) is 30.3 Å². The molecule has 0 saturated heterocycles. The molecule has 0 atom stereocenters. The number of benzene rings is 1. The number of amides is 1. The van der Waals surface area contributed by atoms with Crippen LogP contribution in [0.4, 0.5) is 4.79 Å². The van der Waals surface area contributed by atoms with Gasteiger partial charge in [0.2, 0.25) is 0 Å². The summed E-state index contributed by atoms with van der Waals surface area (Å²) in [6, 6.07) is 9.83. The molecule has 2 aromatic rings. The van der Waals surface area contributed by atoms with E-state index < -0.39 is 5.60 Å². The van der Waals surface area contributed by atoms with Crippen molar-refractivity contribution in [2.24, 2.45) is 0 Å². The SMILES string of the molecule is CC(C)(C)OC(=O)N(Cc1ccccc1)Cc1ncc[nH]1. The van der Waals surface area contributed by atoms with E-state index in [-0.39, 0.29) is 6.09 Å². The zero-order valence-corrected chi connectivity index (χ0v) is 12.7. The molecule has 0 aliphatic carbocycles. The van der Waals surface area contributed by atoms with E-state index in [1.54, 1.807) is 17.3 Å². The molecular weight excluding hydrogens is 266 g/mol. The van der Waals surface area contributed by atoms with Crippen molar-refractivity contribution in [2.75, 3.05) is 0 Å². The number of carbonyl (C=O) groups excluding carboxylic acids is 1. The Labute approximate surface area is 125 Å². The van der Waals surface area contributed by atoms with Gasteiger partial charge >= 0.3 is 6.09 Å². The molecule has 5 heteroatoms. The molecule has 0 saturated carbocycles. The summed E-state index contributed by atoms with van der Waals surface area (Å²) >= 11 is 0. The van der Waals surface area contributed by atoms with Crippen LogP contribution in [0.1, 0.15) is 32.2 Å². The minimum Gasteiger partial charge on any atom is -0.444 e. The lowest BCUT2D eigenvalue weighted by molar-refractivity contribution is 0.0212. The van der Waals surface area contributed by atoms with Gasteiger partial charge in [0.15, 0.2) is 0 Å². The third-order valence-corrected chi connectivity index (χ3v) is 2.76. The number of carbonyl (C=O) groups is 1. The molecule has 1 N–H and O–H groups in total. The predicted octanol–water partition coefficient (Wildman–Crippen LogP) is 3.35. The van der Waals surface area contributed by atoms with Crippen LogP contribution in [0, 0.1) is 0 Å². The van der Waals surface area contributed by atoms with Crippen molar-refractivity contribution in [1.29, 1.82) is 0 Å². The highest BCUT2D eigenvalue weighted by Crippen LogP contribution is 2.14. The fourth-order valence-electron chi connectivity index (χ4n) is 1.88. The quantitative estimate of drug-likeness (QED) is 0.938. The number of rotatable bonds is 4. The number of nitrogens with zero attached hydrogens (tertiary/aromatic N) is 2. The molecule has 0 spiro atoms. The summed E-state index contributed by atoms with van der Waals surface area (Å²) < 4.78 is 5.47. The van der Waals surface area contributed by atoms with Crippen LogP contribution in [0.5, 0.6) is 0 Å². The zero-order chi connectivity index (χ0) is 15.3. The molecule has 1 aromatic heterocycles. The van der Waals surface area contributed by atoms with Crippen LogP contribution < -0.4 is 0 Å². The second-order valence-electron chi connectivity index (χ2n) is 5.86. The molecule has 0 aliphatic rings. The predicted molar refractivity (Wildman–Crippen MR) is 80.5 cm³/mol. The zero-order valence-electron chi connectivity index (χ0n) is 12.7. The fourth-order valence-corrected chi connectivity index (χ4v) is 1.88. The van der Waals surface area contributed by atoms with Gasteiger partial charge in [0, 0.05) is 18.9 Å². The van der Waals surface area contributed by atoms with Crippen LogP contribution in [0.3, 0.4) is 0 Å². The molecule has 0 radical (unpaired) electrons. The average molecular weight is 287 g/mol. The molecule has 21 heavy (non-hydrogen) atoms. The third-order valence-electron chi connectivity index (χ3n) is 2.76. The summed E-state index contributed by atoms with van der Waals surface area (Å²) in [6.45, 7) is 6.45. The Hall–Kier alpha value is -2.30. The molecule has 1 amide bonds. The molecule has 0 fully saturated rings. The number of nitrogens with one attached hydrogen (secondary N) is 1. The number of hydrogen-bond donors (Lipinski definition) is 1. The van der Waals surface area contributed by atoms with Gasteiger partial charge in [-0.05, 0) is 26.3 Å². The maximum Gasteiger partial charge on any atom is 0.410 e. The highest BCUT2D eigenvalue weighted by atomic mass is 16.6. The second kappa shape index (κ2) is 6.43. The van der Waals surface area contributed by atoms with E-state index >= 15 is 0 Å². The largest absolute Gasteiger partial charge is 0.444 e. The molecule has 1 aromatic carbocycles. The van der Waals surface area contributed by atoms with Crippen molar-refractivity contribution < 1.29 is 9.53 Å². The minimum absolute atomic E-state index is 0.345. The fraction of sp³-hybridized carbons (Fsp3) is 0.375. The highest BCUT2D eigenvalue weighted by Gasteiger charge is 2.23. The first-order valence-corrected chi connectivity index (χ1v) is 6.94. The maximum absolute atomic E-state index is 12.4. The third kappa shape index (κ3) is 4.95. The van der Waals surface area contributed by atoms with Crippen LogP contribution in [0.25, 0.3) is 0 Å². The minimum atomic E-state index is -0.519. The summed E-state index contributed by atoms with van der Waals surface area (Å²) in [5.74, 6) is 0.733. The maximum atomic E-state index is 12.4.